The third kappa shape index (κ3) is 8.66. The largest absolute Gasteiger partial charge is 0.384 e. The molecule has 5 aromatic rings. The summed E-state index contributed by atoms with van der Waals surface area (Å²) >= 11 is 0. The van der Waals surface area contributed by atoms with Gasteiger partial charge in [0.25, 0.3) is 5.56 Å². The first-order valence-corrected chi connectivity index (χ1v) is 22.3. The maximum atomic E-state index is 13.9. The number of nitrogens with one attached hydrogen (secondary N) is 2. The minimum Gasteiger partial charge on any atom is -0.384 e. The molecule has 8 rings (SSSR count). The molecule has 2 aromatic carbocycles. The van der Waals surface area contributed by atoms with Crippen LogP contribution >= 0.6 is 0 Å². The Labute approximate surface area is 349 Å². The molecule has 6 heterocycles. The standard InChI is InChI=1S/C43H54N10O6S/c1-28(27-51-16-10-30(11-17-51)31-8-9-36-37(25-31)50(3)48-40(36)53-20-14-38(54)46-43(53)56)22-29-6-5-7-35(23-29)60(57,58)52-18-12-34(13-19-52)45-42-44-26-33-24-32(15-21-59-4)41(55)49(2)39(33)47-42/h5-9,23-26,28,30,34H,10-22,27H2,1-4H3,(H,44,45,47)(H,46,54,56). The van der Waals surface area contributed by atoms with Crippen LogP contribution in [0.1, 0.15) is 61.6 Å². The number of piperidine rings is 2. The molecule has 318 valence electrons. The normalized spacial score (nSPS) is 18.4. The Morgan fingerprint density at radius 3 is 2.50 bits per heavy atom. The van der Waals surface area contributed by atoms with Gasteiger partial charge in [-0.25, -0.2) is 18.2 Å². The van der Waals surface area contributed by atoms with Gasteiger partial charge in [-0.1, -0.05) is 25.1 Å². The summed E-state index contributed by atoms with van der Waals surface area (Å²) in [5, 5.41) is 12.1. The van der Waals surface area contributed by atoms with Gasteiger partial charge in [-0.15, -0.1) is 0 Å². The van der Waals surface area contributed by atoms with Crippen LogP contribution < -0.4 is 21.1 Å². The number of rotatable bonds is 13. The van der Waals surface area contributed by atoms with Crippen LogP contribution in [0.4, 0.5) is 16.6 Å². The van der Waals surface area contributed by atoms with Crippen LogP contribution in [0.15, 0.2) is 64.4 Å². The highest BCUT2D eigenvalue weighted by Gasteiger charge is 2.31. The molecule has 3 saturated heterocycles. The lowest BCUT2D eigenvalue weighted by Crippen LogP contribution is -2.49. The number of fused-ring (bicyclic) bond motifs is 2. The molecular weight excluding hydrogens is 785 g/mol. The highest BCUT2D eigenvalue weighted by Crippen LogP contribution is 2.34. The first-order chi connectivity index (χ1) is 28.9. The second-order valence-electron chi connectivity index (χ2n) is 16.6. The number of hydrogen-bond donors (Lipinski definition) is 2. The molecule has 3 amide bonds. The van der Waals surface area contributed by atoms with Gasteiger partial charge in [-0.2, -0.15) is 14.4 Å². The van der Waals surface area contributed by atoms with E-state index in [1.807, 2.05) is 42.1 Å². The Morgan fingerprint density at radius 2 is 1.75 bits per heavy atom. The van der Waals surface area contributed by atoms with Gasteiger partial charge in [0.15, 0.2) is 5.82 Å². The predicted molar refractivity (Wildman–Crippen MR) is 230 cm³/mol. The van der Waals surface area contributed by atoms with Crippen molar-refractivity contribution in [2.24, 2.45) is 20.0 Å². The second-order valence-corrected chi connectivity index (χ2v) is 18.5. The van der Waals surface area contributed by atoms with E-state index in [2.05, 4.69) is 49.7 Å². The molecular formula is C43H54N10O6S. The summed E-state index contributed by atoms with van der Waals surface area (Å²) in [4.78, 5) is 50.6. The van der Waals surface area contributed by atoms with Gasteiger partial charge in [0, 0.05) is 88.8 Å². The molecule has 0 aliphatic carbocycles. The molecule has 0 saturated carbocycles. The summed E-state index contributed by atoms with van der Waals surface area (Å²) in [5.41, 5.74) is 4.32. The number of methoxy groups -OCH3 is 1. The number of carbonyl (C=O) groups excluding carboxylic acids is 2. The van der Waals surface area contributed by atoms with E-state index in [1.165, 1.54) is 10.1 Å². The van der Waals surface area contributed by atoms with Gasteiger partial charge in [-0.05, 0) is 98.5 Å². The zero-order chi connectivity index (χ0) is 42.1. The van der Waals surface area contributed by atoms with E-state index in [1.54, 1.807) is 35.6 Å². The number of sulfonamides is 1. The molecule has 16 nitrogen and oxygen atoms in total. The van der Waals surface area contributed by atoms with Crippen LogP contribution in [-0.2, 0) is 46.5 Å². The van der Waals surface area contributed by atoms with Crippen LogP contribution in [0, 0.1) is 5.92 Å². The van der Waals surface area contributed by atoms with Crippen molar-refractivity contribution in [2.45, 2.75) is 68.7 Å². The summed E-state index contributed by atoms with van der Waals surface area (Å²) in [5.74, 6) is 1.48. The summed E-state index contributed by atoms with van der Waals surface area (Å²) < 4.78 is 37.8. The Bertz CT molecular complexity index is 2580. The number of pyridine rings is 1. The van der Waals surface area contributed by atoms with E-state index < -0.39 is 16.1 Å². The van der Waals surface area contributed by atoms with Crippen molar-refractivity contribution in [1.82, 2.24) is 38.8 Å². The van der Waals surface area contributed by atoms with Crippen LogP contribution in [-0.4, -0.2) is 113 Å². The fraction of sp³-hybridized carbons (Fsp3) is 0.488. The average molecular weight is 839 g/mol. The van der Waals surface area contributed by atoms with E-state index in [-0.39, 0.29) is 23.9 Å². The quantitative estimate of drug-likeness (QED) is 0.174. The predicted octanol–water partition coefficient (Wildman–Crippen LogP) is 4.17. The van der Waals surface area contributed by atoms with Crippen molar-refractivity contribution in [3.05, 3.63) is 81.8 Å². The van der Waals surface area contributed by atoms with Gasteiger partial charge in [0.05, 0.1) is 17.0 Å². The zero-order valence-electron chi connectivity index (χ0n) is 34.8. The van der Waals surface area contributed by atoms with Crippen molar-refractivity contribution in [2.75, 3.05) is 63.2 Å². The molecule has 3 fully saturated rings. The number of likely N-dealkylation sites (tertiary alicyclic amines) is 1. The maximum Gasteiger partial charge on any atom is 0.329 e. The molecule has 1 unspecified atom stereocenters. The van der Waals surface area contributed by atoms with Crippen molar-refractivity contribution in [3.63, 3.8) is 0 Å². The number of hydrogen-bond acceptors (Lipinski definition) is 11. The Morgan fingerprint density at radius 1 is 0.967 bits per heavy atom. The molecule has 0 radical (unpaired) electrons. The summed E-state index contributed by atoms with van der Waals surface area (Å²) in [6.07, 6.45) is 6.53. The lowest BCUT2D eigenvalue weighted by atomic mass is 9.88. The van der Waals surface area contributed by atoms with Gasteiger partial charge in [-0.3, -0.25) is 29.1 Å². The maximum absolute atomic E-state index is 13.9. The van der Waals surface area contributed by atoms with E-state index in [0.717, 1.165) is 60.7 Å². The van der Waals surface area contributed by atoms with Gasteiger partial charge >= 0.3 is 6.03 Å². The first-order valence-electron chi connectivity index (χ1n) is 20.9. The number of nitrogens with zero attached hydrogens (tertiary/aromatic N) is 8. The number of imide groups is 1. The number of amides is 3. The molecule has 0 bridgehead atoms. The minimum atomic E-state index is -3.67. The van der Waals surface area contributed by atoms with Crippen LogP contribution in [0.2, 0.25) is 0 Å². The molecule has 3 aliphatic heterocycles. The van der Waals surface area contributed by atoms with Crippen molar-refractivity contribution < 1.29 is 22.7 Å². The molecule has 0 spiro atoms. The first kappa shape index (κ1) is 41.5. The summed E-state index contributed by atoms with van der Waals surface area (Å²) in [6.45, 7) is 6.65. The van der Waals surface area contributed by atoms with Crippen LogP contribution in [0.25, 0.3) is 21.9 Å². The summed E-state index contributed by atoms with van der Waals surface area (Å²) in [6, 6.07) is 15.2. The SMILES string of the molecule is COCCc1cc2cnc(NC3CCN(S(=O)(=O)c4cccc(CC(C)CN5CCC(c6ccc7c(N8CCC(=O)NC8=O)nn(C)c7c6)CC5)c4)CC3)nc2n(C)c1=O. The number of urea groups is 1. The van der Waals surface area contributed by atoms with Gasteiger partial charge in [0.2, 0.25) is 21.9 Å². The Kier molecular flexibility index (Phi) is 12.0. The fourth-order valence-corrected chi connectivity index (χ4v) is 10.6. The topological polar surface area (TPSA) is 177 Å². The highest BCUT2D eigenvalue weighted by molar-refractivity contribution is 7.89. The highest BCUT2D eigenvalue weighted by atomic mass is 32.2. The average Bonchev–Trinajstić information content (AvgIpc) is 3.57. The molecule has 3 aliphatic rings. The molecule has 60 heavy (non-hydrogen) atoms. The second kappa shape index (κ2) is 17.4. The molecule has 1 atom stereocenters. The fourth-order valence-electron chi connectivity index (χ4n) is 9.01. The molecule has 3 aromatic heterocycles. The minimum absolute atomic E-state index is 0.00712. The van der Waals surface area contributed by atoms with Crippen molar-refractivity contribution in [1.29, 1.82) is 0 Å². The number of aryl methyl sites for hydroxylation is 2. The van der Waals surface area contributed by atoms with Crippen molar-refractivity contribution >= 4 is 55.7 Å². The Hall–Kier alpha value is -5.23. The zero-order valence-corrected chi connectivity index (χ0v) is 35.6. The smallest absolute Gasteiger partial charge is 0.329 e. The third-order valence-electron chi connectivity index (χ3n) is 12.3. The summed E-state index contributed by atoms with van der Waals surface area (Å²) in [7, 11) is 1.53. The van der Waals surface area contributed by atoms with E-state index >= 15 is 0 Å². The van der Waals surface area contributed by atoms with Gasteiger partial charge < -0.3 is 15.0 Å². The van der Waals surface area contributed by atoms with Gasteiger partial charge in [0.1, 0.15) is 5.65 Å². The van der Waals surface area contributed by atoms with E-state index in [9.17, 15) is 22.8 Å². The number of anilines is 2. The molecule has 17 heteroatoms. The number of carbonyl (C=O) groups is 2. The number of aromatic nitrogens is 5. The monoisotopic (exact) mass is 838 g/mol. The van der Waals surface area contributed by atoms with Crippen LogP contribution in [0.3, 0.4) is 0 Å². The third-order valence-corrected chi connectivity index (χ3v) is 14.2. The van der Waals surface area contributed by atoms with Crippen LogP contribution in [0.5, 0.6) is 0 Å². The van der Waals surface area contributed by atoms with E-state index in [4.69, 9.17) is 4.74 Å². The lowest BCUT2D eigenvalue weighted by Gasteiger charge is -2.34. The molecule has 2 N–H and O–H groups in total. The lowest BCUT2D eigenvalue weighted by molar-refractivity contribution is -0.120. The van der Waals surface area contributed by atoms with Crippen molar-refractivity contribution in [3.8, 4) is 0 Å². The Balaban J connectivity index is 0.823. The number of ether oxygens (including phenoxy) is 1. The number of benzene rings is 2. The van der Waals surface area contributed by atoms with E-state index in [0.29, 0.717) is 85.2 Å².